The number of hydrogen-bond donors (Lipinski definition) is 2. The lowest BCUT2D eigenvalue weighted by atomic mass is 10.1. The molecule has 0 radical (unpaired) electrons. The molecule has 7 nitrogen and oxygen atoms in total. The average Bonchev–Trinajstić information content (AvgIpc) is 3.20. The first-order valence-electron chi connectivity index (χ1n) is 9.01. The normalized spacial score (nSPS) is 14.9. The molecular formula is C20H21N5O2. The molecule has 1 aliphatic rings. The highest BCUT2D eigenvalue weighted by Gasteiger charge is 2.17. The van der Waals surface area contributed by atoms with Gasteiger partial charge in [-0.15, -0.1) is 5.10 Å². The van der Waals surface area contributed by atoms with Gasteiger partial charge in [0, 0.05) is 24.5 Å². The minimum Gasteiger partial charge on any atom is -0.393 e. The van der Waals surface area contributed by atoms with E-state index in [0.29, 0.717) is 5.69 Å². The lowest BCUT2D eigenvalue weighted by Gasteiger charge is -2.31. The van der Waals surface area contributed by atoms with Crippen molar-refractivity contribution in [2.75, 3.05) is 23.3 Å². The van der Waals surface area contributed by atoms with Gasteiger partial charge < -0.3 is 15.3 Å². The van der Waals surface area contributed by atoms with Gasteiger partial charge in [-0.1, -0.05) is 23.4 Å². The van der Waals surface area contributed by atoms with E-state index in [0.717, 1.165) is 37.3 Å². The number of carbonyl (C=O) groups excluding carboxylic acids is 1. The number of carbonyl (C=O) groups is 1. The molecule has 0 atom stereocenters. The number of nitrogens with one attached hydrogen (secondary N) is 1. The summed E-state index contributed by atoms with van der Waals surface area (Å²) in [5.41, 5.74) is 2.90. The molecule has 3 aromatic rings. The summed E-state index contributed by atoms with van der Waals surface area (Å²) in [6, 6.07) is 17.2. The summed E-state index contributed by atoms with van der Waals surface area (Å²) < 4.78 is 1.57. The van der Waals surface area contributed by atoms with Gasteiger partial charge in [0.05, 0.1) is 18.0 Å². The number of amides is 1. The van der Waals surface area contributed by atoms with Gasteiger partial charge in [0.25, 0.3) is 5.91 Å². The van der Waals surface area contributed by atoms with Crippen molar-refractivity contribution >= 4 is 17.3 Å². The molecule has 2 aromatic carbocycles. The maximum absolute atomic E-state index is 12.4. The van der Waals surface area contributed by atoms with Crippen LogP contribution in [0.1, 0.15) is 23.3 Å². The fourth-order valence-corrected chi connectivity index (χ4v) is 3.15. The highest BCUT2D eigenvalue weighted by molar-refractivity contribution is 6.02. The molecule has 0 saturated carbocycles. The average molecular weight is 363 g/mol. The van der Waals surface area contributed by atoms with Crippen LogP contribution in [-0.2, 0) is 0 Å². The van der Waals surface area contributed by atoms with E-state index in [1.165, 1.54) is 0 Å². The lowest BCUT2D eigenvalue weighted by Crippen LogP contribution is -2.35. The van der Waals surface area contributed by atoms with Gasteiger partial charge >= 0.3 is 0 Å². The number of para-hydroxylation sites is 1. The molecule has 7 heteroatoms. The Bertz CT molecular complexity index is 900. The zero-order chi connectivity index (χ0) is 18.6. The Morgan fingerprint density at radius 1 is 1.00 bits per heavy atom. The standard InChI is InChI=1S/C20H21N5O2/c26-18-10-12-24(13-11-18)16-8-6-15(7-9-16)21-20(27)19-14-25(23-22-19)17-4-2-1-3-5-17/h1-9,14,18,26H,10-13H2,(H,21,27). The van der Waals surface area contributed by atoms with Crippen molar-refractivity contribution in [2.45, 2.75) is 18.9 Å². The molecule has 1 aromatic heterocycles. The summed E-state index contributed by atoms with van der Waals surface area (Å²) in [7, 11) is 0. The quantitative estimate of drug-likeness (QED) is 0.744. The molecule has 138 valence electrons. The summed E-state index contributed by atoms with van der Waals surface area (Å²) in [6.45, 7) is 1.69. The summed E-state index contributed by atoms with van der Waals surface area (Å²) in [6.07, 6.45) is 2.99. The van der Waals surface area contributed by atoms with Crippen molar-refractivity contribution in [3.05, 3.63) is 66.5 Å². The summed E-state index contributed by atoms with van der Waals surface area (Å²) >= 11 is 0. The second kappa shape index (κ2) is 7.59. The number of rotatable bonds is 4. The molecule has 2 N–H and O–H groups in total. The van der Waals surface area contributed by atoms with E-state index in [4.69, 9.17) is 0 Å². The Morgan fingerprint density at radius 2 is 1.70 bits per heavy atom. The topological polar surface area (TPSA) is 83.3 Å². The van der Waals surface area contributed by atoms with Crippen molar-refractivity contribution in [1.29, 1.82) is 0 Å². The van der Waals surface area contributed by atoms with Crippen molar-refractivity contribution in [3.8, 4) is 5.69 Å². The monoisotopic (exact) mass is 363 g/mol. The Labute approximate surface area is 157 Å². The Morgan fingerprint density at radius 3 is 2.41 bits per heavy atom. The molecule has 0 bridgehead atoms. The van der Waals surface area contributed by atoms with Crippen molar-refractivity contribution < 1.29 is 9.90 Å². The number of aromatic nitrogens is 3. The van der Waals surface area contributed by atoms with E-state index in [2.05, 4.69) is 20.5 Å². The van der Waals surface area contributed by atoms with Crippen LogP contribution in [-0.4, -0.2) is 45.2 Å². The van der Waals surface area contributed by atoms with Crippen LogP contribution in [0.2, 0.25) is 0 Å². The van der Waals surface area contributed by atoms with Gasteiger partial charge in [0.15, 0.2) is 5.69 Å². The smallest absolute Gasteiger partial charge is 0.277 e. The van der Waals surface area contributed by atoms with E-state index < -0.39 is 0 Å². The van der Waals surface area contributed by atoms with Crippen LogP contribution in [0.15, 0.2) is 60.8 Å². The molecule has 0 spiro atoms. The number of aliphatic hydroxyl groups is 1. The van der Waals surface area contributed by atoms with Crippen LogP contribution in [0.25, 0.3) is 5.69 Å². The van der Waals surface area contributed by atoms with Crippen LogP contribution in [0.5, 0.6) is 0 Å². The first-order chi connectivity index (χ1) is 13.2. The number of hydrogen-bond acceptors (Lipinski definition) is 5. The van der Waals surface area contributed by atoms with Crippen LogP contribution < -0.4 is 10.2 Å². The molecule has 27 heavy (non-hydrogen) atoms. The van der Waals surface area contributed by atoms with E-state index in [1.54, 1.807) is 10.9 Å². The second-order valence-electron chi connectivity index (χ2n) is 6.60. The Balaban J connectivity index is 1.40. The summed E-state index contributed by atoms with van der Waals surface area (Å²) in [5, 5.41) is 20.4. The van der Waals surface area contributed by atoms with E-state index in [-0.39, 0.29) is 17.7 Å². The fraction of sp³-hybridized carbons (Fsp3) is 0.250. The second-order valence-corrected chi connectivity index (χ2v) is 6.60. The van der Waals surface area contributed by atoms with Crippen LogP contribution >= 0.6 is 0 Å². The molecule has 1 aliphatic heterocycles. The minimum atomic E-state index is -0.300. The van der Waals surface area contributed by atoms with Crippen LogP contribution in [0.4, 0.5) is 11.4 Å². The number of piperidine rings is 1. The molecule has 1 saturated heterocycles. The third kappa shape index (κ3) is 3.98. The van der Waals surface area contributed by atoms with Crippen molar-refractivity contribution in [2.24, 2.45) is 0 Å². The fourth-order valence-electron chi connectivity index (χ4n) is 3.15. The first-order valence-corrected chi connectivity index (χ1v) is 9.01. The summed E-state index contributed by atoms with van der Waals surface area (Å²) in [4.78, 5) is 14.7. The highest BCUT2D eigenvalue weighted by atomic mass is 16.3. The third-order valence-electron chi connectivity index (χ3n) is 4.70. The molecule has 0 aliphatic carbocycles. The van der Waals surface area contributed by atoms with E-state index >= 15 is 0 Å². The number of anilines is 2. The van der Waals surface area contributed by atoms with Gasteiger partial charge in [0.2, 0.25) is 0 Å². The van der Waals surface area contributed by atoms with Gasteiger partial charge in [-0.3, -0.25) is 4.79 Å². The highest BCUT2D eigenvalue weighted by Crippen LogP contribution is 2.22. The van der Waals surface area contributed by atoms with Crippen LogP contribution in [0.3, 0.4) is 0 Å². The third-order valence-corrected chi connectivity index (χ3v) is 4.70. The molecule has 0 unspecified atom stereocenters. The van der Waals surface area contributed by atoms with Crippen LogP contribution in [0, 0.1) is 0 Å². The van der Waals surface area contributed by atoms with Gasteiger partial charge in [-0.25, -0.2) is 4.68 Å². The van der Waals surface area contributed by atoms with E-state index in [1.807, 2.05) is 54.6 Å². The zero-order valence-electron chi connectivity index (χ0n) is 14.8. The number of nitrogens with zero attached hydrogens (tertiary/aromatic N) is 4. The van der Waals surface area contributed by atoms with Gasteiger partial charge in [-0.05, 0) is 49.2 Å². The predicted octanol–water partition coefficient (Wildman–Crippen LogP) is 2.48. The number of aliphatic hydroxyl groups excluding tert-OH is 1. The predicted molar refractivity (Wildman–Crippen MR) is 103 cm³/mol. The lowest BCUT2D eigenvalue weighted by molar-refractivity contribution is 0.102. The van der Waals surface area contributed by atoms with E-state index in [9.17, 15) is 9.90 Å². The molecule has 1 fully saturated rings. The summed E-state index contributed by atoms with van der Waals surface area (Å²) in [5.74, 6) is -0.300. The Kier molecular flexibility index (Phi) is 4.84. The first kappa shape index (κ1) is 17.2. The molecule has 2 heterocycles. The SMILES string of the molecule is O=C(Nc1ccc(N2CCC(O)CC2)cc1)c1cn(-c2ccccc2)nn1. The molecular weight excluding hydrogens is 342 g/mol. The maximum atomic E-state index is 12.4. The van der Waals surface area contributed by atoms with Crippen molar-refractivity contribution in [1.82, 2.24) is 15.0 Å². The molecule has 4 rings (SSSR count). The minimum absolute atomic E-state index is 0.191. The maximum Gasteiger partial charge on any atom is 0.277 e. The zero-order valence-corrected chi connectivity index (χ0v) is 14.8. The van der Waals surface area contributed by atoms with Gasteiger partial charge in [-0.2, -0.15) is 0 Å². The Hall–Kier alpha value is -3.19. The van der Waals surface area contributed by atoms with Crippen molar-refractivity contribution in [3.63, 3.8) is 0 Å². The van der Waals surface area contributed by atoms with Gasteiger partial charge in [0.1, 0.15) is 0 Å². The number of benzene rings is 2. The molecule has 1 amide bonds. The largest absolute Gasteiger partial charge is 0.393 e.